The average Bonchev–Trinajstić information content (AvgIpc) is 3.86. The lowest BCUT2D eigenvalue weighted by molar-refractivity contribution is 0.669. The Kier molecular flexibility index (Phi) is 7.42. The second-order valence-corrected chi connectivity index (χ2v) is 13.9. The third kappa shape index (κ3) is 5.37. The van der Waals surface area contributed by atoms with Crippen LogP contribution in [0.15, 0.2) is 197 Å². The van der Waals surface area contributed by atoms with E-state index < -0.39 is 0 Å². The lowest BCUT2D eigenvalue weighted by atomic mass is 9.93. The number of rotatable bonds is 6. The summed E-state index contributed by atoms with van der Waals surface area (Å²) in [5.74, 6) is 1.72. The van der Waals surface area contributed by atoms with Crippen LogP contribution in [-0.4, -0.2) is 15.0 Å². The van der Waals surface area contributed by atoms with Gasteiger partial charge in [0.1, 0.15) is 22.3 Å². The Morgan fingerprint density at radius 1 is 0.286 bits per heavy atom. The van der Waals surface area contributed by atoms with E-state index in [9.17, 15) is 0 Å². The van der Waals surface area contributed by atoms with Crippen LogP contribution in [0.1, 0.15) is 0 Å². The number of hydrogen-bond acceptors (Lipinski definition) is 5. The fourth-order valence-electron chi connectivity index (χ4n) is 7.88. The maximum Gasteiger partial charge on any atom is 0.167 e. The number of benzene rings is 8. The van der Waals surface area contributed by atoms with Crippen LogP contribution < -0.4 is 0 Å². The van der Waals surface area contributed by atoms with Crippen molar-refractivity contribution in [3.63, 3.8) is 0 Å². The number of hydrogen-bond donors (Lipinski definition) is 0. The molecule has 11 rings (SSSR count). The van der Waals surface area contributed by atoms with E-state index in [4.69, 9.17) is 23.8 Å². The first-order valence-electron chi connectivity index (χ1n) is 18.7. The zero-order valence-corrected chi connectivity index (χ0v) is 30.1. The number of para-hydroxylation sites is 2. The molecule has 0 unspecified atom stereocenters. The van der Waals surface area contributed by atoms with Gasteiger partial charge in [-0.1, -0.05) is 152 Å². The molecule has 3 aromatic heterocycles. The number of fused-ring (bicyclic) bond motifs is 6. The van der Waals surface area contributed by atoms with Crippen LogP contribution in [0.3, 0.4) is 0 Å². The molecule has 11 aromatic rings. The highest BCUT2D eigenvalue weighted by Gasteiger charge is 2.22. The lowest BCUT2D eigenvalue weighted by Crippen LogP contribution is -2.00. The Labute approximate surface area is 322 Å². The summed E-state index contributed by atoms with van der Waals surface area (Å²) in [6.07, 6.45) is 0. The van der Waals surface area contributed by atoms with Crippen molar-refractivity contribution in [1.29, 1.82) is 0 Å². The Morgan fingerprint density at radius 2 is 0.804 bits per heavy atom. The van der Waals surface area contributed by atoms with Crippen molar-refractivity contribution in [3.8, 4) is 67.5 Å². The van der Waals surface area contributed by atoms with Gasteiger partial charge in [0.05, 0.1) is 5.56 Å². The van der Waals surface area contributed by atoms with E-state index in [2.05, 4.69) is 121 Å². The van der Waals surface area contributed by atoms with Gasteiger partial charge in [-0.25, -0.2) is 15.0 Å². The largest absolute Gasteiger partial charge is 0.455 e. The molecule has 3 heterocycles. The quantitative estimate of drug-likeness (QED) is 0.171. The highest BCUT2D eigenvalue weighted by molar-refractivity contribution is 6.19. The van der Waals surface area contributed by atoms with Crippen molar-refractivity contribution < 1.29 is 8.83 Å². The maximum atomic E-state index is 6.82. The van der Waals surface area contributed by atoms with Crippen molar-refractivity contribution in [3.05, 3.63) is 188 Å². The molecule has 0 aliphatic rings. The van der Waals surface area contributed by atoms with E-state index in [1.165, 1.54) is 0 Å². The number of nitrogens with zero attached hydrogens (tertiary/aromatic N) is 3. The van der Waals surface area contributed by atoms with Crippen molar-refractivity contribution >= 4 is 43.9 Å². The van der Waals surface area contributed by atoms with Crippen LogP contribution in [0, 0.1) is 0 Å². The predicted molar refractivity (Wildman–Crippen MR) is 227 cm³/mol. The Balaban J connectivity index is 1.13. The van der Waals surface area contributed by atoms with Gasteiger partial charge in [0.25, 0.3) is 0 Å². The Hall–Kier alpha value is -7.63. The molecule has 0 bridgehead atoms. The van der Waals surface area contributed by atoms with Gasteiger partial charge in [-0.05, 0) is 64.2 Å². The van der Waals surface area contributed by atoms with Crippen molar-refractivity contribution in [2.24, 2.45) is 0 Å². The van der Waals surface area contributed by atoms with E-state index in [0.717, 1.165) is 88.4 Å². The minimum atomic E-state index is 0.538. The standard InChI is InChI=1S/C51H31N3O2/c1-4-15-32(16-5-1)35-21-12-22-36(29-35)50-52-49(34-19-8-3-9-20-34)53-51(54-50)41-26-13-25-40-46-39(24-14-28-45(46)56-47(40)41)43-31-37(33-17-6-2-7-18-33)30-42-38-23-10-11-27-44(38)55-48(42)43/h1-31H. The molecular formula is C51H31N3O2. The Bertz CT molecular complexity index is 3240. The van der Waals surface area contributed by atoms with Crippen LogP contribution in [0.5, 0.6) is 0 Å². The van der Waals surface area contributed by atoms with Gasteiger partial charge in [0, 0.05) is 38.2 Å². The molecule has 262 valence electrons. The maximum absolute atomic E-state index is 6.82. The molecule has 0 saturated carbocycles. The van der Waals surface area contributed by atoms with Gasteiger partial charge in [-0.3, -0.25) is 0 Å². The van der Waals surface area contributed by atoms with Gasteiger partial charge in [0.15, 0.2) is 17.5 Å². The lowest BCUT2D eigenvalue weighted by Gasteiger charge is -2.10. The van der Waals surface area contributed by atoms with Crippen LogP contribution in [0.2, 0.25) is 0 Å². The molecule has 56 heavy (non-hydrogen) atoms. The fourth-order valence-corrected chi connectivity index (χ4v) is 7.88. The normalized spacial score (nSPS) is 11.6. The summed E-state index contributed by atoms with van der Waals surface area (Å²) in [6, 6.07) is 64.5. The van der Waals surface area contributed by atoms with E-state index in [1.807, 2.05) is 66.7 Å². The van der Waals surface area contributed by atoms with Crippen molar-refractivity contribution in [2.45, 2.75) is 0 Å². The van der Waals surface area contributed by atoms with E-state index in [1.54, 1.807) is 0 Å². The van der Waals surface area contributed by atoms with Crippen LogP contribution in [0.4, 0.5) is 0 Å². The minimum absolute atomic E-state index is 0.538. The highest BCUT2D eigenvalue weighted by Crippen LogP contribution is 2.45. The van der Waals surface area contributed by atoms with E-state index >= 15 is 0 Å². The van der Waals surface area contributed by atoms with Gasteiger partial charge in [0.2, 0.25) is 0 Å². The van der Waals surface area contributed by atoms with E-state index in [0.29, 0.717) is 23.1 Å². The molecular weight excluding hydrogens is 687 g/mol. The molecule has 0 amide bonds. The van der Waals surface area contributed by atoms with Gasteiger partial charge in [-0.15, -0.1) is 0 Å². The Morgan fingerprint density at radius 3 is 1.59 bits per heavy atom. The number of furan rings is 2. The number of aromatic nitrogens is 3. The SMILES string of the molecule is c1ccc(-c2cccc(-c3nc(-c4ccccc4)nc(-c4cccc5c4oc4cccc(-c6cc(-c7ccccc7)cc7c6oc6ccccc67)c45)n3)c2)cc1. The molecule has 5 nitrogen and oxygen atoms in total. The van der Waals surface area contributed by atoms with Crippen LogP contribution >= 0.6 is 0 Å². The fraction of sp³-hybridized carbons (Fsp3) is 0. The van der Waals surface area contributed by atoms with Crippen LogP contribution in [-0.2, 0) is 0 Å². The summed E-state index contributed by atoms with van der Waals surface area (Å²) in [6.45, 7) is 0. The smallest absolute Gasteiger partial charge is 0.167 e. The molecule has 0 radical (unpaired) electrons. The summed E-state index contributed by atoms with van der Waals surface area (Å²) in [4.78, 5) is 15.3. The van der Waals surface area contributed by atoms with Gasteiger partial charge < -0.3 is 8.83 Å². The molecule has 0 spiro atoms. The summed E-state index contributed by atoms with van der Waals surface area (Å²) < 4.78 is 13.5. The molecule has 0 fully saturated rings. The third-order valence-electron chi connectivity index (χ3n) is 10.5. The molecule has 0 atom stereocenters. The predicted octanol–water partition coefficient (Wildman–Crippen LogP) is 13.7. The summed E-state index contributed by atoms with van der Waals surface area (Å²) >= 11 is 0. The highest BCUT2D eigenvalue weighted by atomic mass is 16.3. The molecule has 5 heteroatoms. The van der Waals surface area contributed by atoms with Gasteiger partial charge in [-0.2, -0.15) is 0 Å². The molecule has 8 aromatic carbocycles. The summed E-state index contributed by atoms with van der Waals surface area (Å²) in [5, 5.41) is 4.13. The van der Waals surface area contributed by atoms with Crippen molar-refractivity contribution in [1.82, 2.24) is 15.0 Å². The molecule has 0 aliphatic heterocycles. The van der Waals surface area contributed by atoms with E-state index in [-0.39, 0.29) is 0 Å². The molecule has 0 saturated heterocycles. The first-order valence-corrected chi connectivity index (χ1v) is 18.7. The van der Waals surface area contributed by atoms with Crippen LogP contribution in [0.25, 0.3) is 111 Å². The average molecular weight is 718 g/mol. The zero-order valence-electron chi connectivity index (χ0n) is 30.1. The summed E-state index contributed by atoms with van der Waals surface area (Å²) in [5.41, 5.74) is 12.3. The minimum Gasteiger partial charge on any atom is -0.455 e. The molecule has 0 aliphatic carbocycles. The van der Waals surface area contributed by atoms with Crippen molar-refractivity contribution in [2.75, 3.05) is 0 Å². The second kappa shape index (κ2) is 13.0. The van der Waals surface area contributed by atoms with Gasteiger partial charge >= 0.3 is 0 Å². The topological polar surface area (TPSA) is 65.0 Å². The zero-order chi connectivity index (χ0) is 37.0. The second-order valence-electron chi connectivity index (χ2n) is 13.9. The monoisotopic (exact) mass is 717 g/mol. The third-order valence-corrected chi connectivity index (χ3v) is 10.5. The first-order chi connectivity index (χ1) is 27.7. The molecule has 0 N–H and O–H groups in total. The first kappa shape index (κ1) is 31.9. The summed E-state index contributed by atoms with van der Waals surface area (Å²) in [7, 11) is 0.